The quantitative estimate of drug-likeness (QED) is 0.441. The molecule has 194 valence electrons. The van der Waals surface area contributed by atoms with Crippen LogP contribution < -0.4 is 9.54 Å². The molecular weight excluding hydrogens is 502 g/mol. The largest absolute Gasteiger partial charge is 0.494 e. The second-order valence-electron chi connectivity index (χ2n) is 8.61. The Bertz CT molecular complexity index is 1390. The molecule has 3 aromatic rings. The number of morpholine rings is 1. The van der Waals surface area contributed by atoms with Crippen molar-refractivity contribution in [2.75, 3.05) is 33.4 Å². The minimum absolute atomic E-state index is 0.140. The van der Waals surface area contributed by atoms with Crippen LogP contribution in [0.2, 0.25) is 0 Å². The second-order valence-corrected chi connectivity index (χ2v) is 11.6. The SMILES string of the molecule is CCOc1ccc2c(c1)sc(=NC(=O)c1ccc(S(=O)(=O)N3C[C@@H](C)O[C@H](C)C3)cc1)n2CCOC. The van der Waals surface area contributed by atoms with Crippen LogP contribution in [0.15, 0.2) is 52.4 Å². The third-order valence-electron chi connectivity index (χ3n) is 5.81. The molecule has 2 heterocycles. The maximum atomic E-state index is 13.1. The van der Waals surface area contributed by atoms with Crippen molar-refractivity contribution in [1.29, 1.82) is 0 Å². The van der Waals surface area contributed by atoms with Gasteiger partial charge in [0.1, 0.15) is 5.75 Å². The lowest BCUT2D eigenvalue weighted by atomic mass is 10.2. The fourth-order valence-electron chi connectivity index (χ4n) is 4.19. The molecule has 1 fully saturated rings. The van der Waals surface area contributed by atoms with Crippen LogP contribution in [0, 0.1) is 0 Å². The lowest BCUT2D eigenvalue weighted by Gasteiger charge is -2.34. The predicted octanol–water partition coefficient (Wildman–Crippen LogP) is 3.29. The minimum Gasteiger partial charge on any atom is -0.494 e. The first-order valence-corrected chi connectivity index (χ1v) is 14.1. The summed E-state index contributed by atoms with van der Waals surface area (Å²) in [7, 11) is -2.07. The number of carbonyl (C=O) groups is 1. The maximum absolute atomic E-state index is 13.1. The smallest absolute Gasteiger partial charge is 0.279 e. The standard InChI is InChI=1S/C25H31N3O6S2/c1-5-33-20-8-11-22-23(14-20)35-25(28(22)12-13-32-4)26-24(29)19-6-9-21(10-7-19)36(30,31)27-15-17(2)34-18(3)16-27/h6-11,14,17-18H,5,12-13,15-16H2,1-4H3/t17-,18-/m1/s1. The molecule has 11 heteroatoms. The Morgan fingerprint density at radius 1 is 1.14 bits per heavy atom. The Morgan fingerprint density at radius 3 is 2.47 bits per heavy atom. The van der Waals surface area contributed by atoms with Crippen molar-refractivity contribution in [1.82, 2.24) is 8.87 Å². The minimum atomic E-state index is -3.69. The Balaban J connectivity index is 1.63. The summed E-state index contributed by atoms with van der Waals surface area (Å²) < 4.78 is 47.0. The number of thiazole rings is 1. The van der Waals surface area contributed by atoms with E-state index >= 15 is 0 Å². The number of carbonyl (C=O) groups excluding carboxylic acids is 1. The molecule has 0 aliphatic carbocycles. The van der Waals surface area contributed by atoms with Crippen LogP contribution in [0.3, 0.4) is 0 Å². The van der Waals surface area contributed by atoms with E-state index in [1.54, 1.807) is 7.11 Å². The average molecular weight is 534 g/mol. The molecule has 0 N–H and O–H groups in total. The number of amides is 1. The molecule has 2 aromatic carbocycles. The van der Waals surface area contributed by atoms with E-state index in [4.69, 9.17) is 14.2 Å². The fourth-order valence-corrected chi connectivity index (χ4v) is 6.86. The number of methoxy groups -OCH3 is 1. The van der Waals surface area contributed by atoms with Crippen molar-refractivity contribution in [3.8, 4) is 5.75 Å². The number of rotatable bonds is 8. The van der Waals surface area contributed by atoms with E-state index in [0.717, 1.165) is 16.0 Å². The molecule has 1 aromatic heterocycles. The first-order valence-electron chi connectivity index (χ1n) is 11.8. The van der Waals surface area contributed by atoms with Crippen molar-refractivity contribution in [3.05, 3.63) is 52.8 Å². The zero-order valence-electron chi connectivity index (χ0n) is 20.8. The van der Waals surface area contributed by atoms with Gasteiger partial charge in [-0.15, -0.1) is 0 Å². The maximum Gasteiger partial charge on any atom is 0.279 e. The molecule has 36 heavy (non-hydrogen) atoms. The van der Waals surface area contributed by atoms with Crippen LogP contribution in [0.25, 0.3) is 10.2 Å². The van der Waals surface area contributed by atoms with E-state index in [1.807, 2.05) is 43.5 Å². The highest BCUT2D eigenvalue weighted by Gasteiger charge is 2.32. The summed E-state index contributed by atoms with van der Waals surface area (Å²) in [5.41, 5.74) is 1.24. The van der Waals surface area contributed by atoms with Crippen LogP contribution in [0.1, 0.15) is 31.1 Å². The molecule has 9 nitrogen and oxygen atoms in total. The number of hydrogen-bond acceptors (Lipinski definition) is 7. The second kappa shape index (κ2) is 11.2. The highest BCUT2D eigenvalue weighted by Crippen LogP contribution is 2.24. The molecule has 1 saturated heterocycles. The highest BCUT2D eigenvalue weighted by molar-refractivity contribution is 7.89. The van der Waals surface area contributed by atoms with Crippen molar-refractivity contribution in [2.24, 2.45) is 4.99 Å². The van der Waals surface area contributed by atoms with Gasteiger partial charge in [0.2, 0.25) is 10.0 Å². The fraction of sp³-hybridized carbons (Fsp3) is 0.440. The molecule has 0 spiro atoms. The molecule has 0 saturated carbocycles. The number of hydrogen-bond donors (Lipinski definition) is 0. The number of sulfonamides is 1. The molecular formula is C25H31N3O6S2. The normalized spacial score (nSPS) is 19.6. The first-order chi connectivity index (χ1) is 17.2. The summed E-state index contributed by atoms with van der Waals surface area (Å²) in [6, 6.07) is 11.7. The summed E-state index contributed by atoms with van der Waals surface area (Å²) in [6.45, 7) is 7.77. The molecule has 1 amide bonds. The average Bonchev–Trinajstić information content (AvgIpc) is 3.18. The van der Waals surface area contributed by atoms with Crippen LogP contribution in [-0.2, 0) is 26.0 Å². The molecule has 0 bridgehead atoms. The van der Waals surface area contributed by atoms with Crippen LogP contribution in [0.5, 0.6) is 5.75 Å². The third-order valence-corrected chi connectivity index (χ3v) is 8.69. The van der Waals surface area contributed by atoms with E-state index in [0.29, 0.717) is 43.2 Å². The van der Waals surface area contributed by atoms with Gasteiger partial charge in [0, 0.05) is 32.3 Å². The van der Waals surface area contributed by atoms with Crippen molar-refractivity contribution in [3.63, 3.8) is 0 Å². The summed E-state index contributed by atoms with van der Waals surface area (Å²) in [5, 5.41) is 0. The van der Waals surface area contributed by atoms with Gasteiger partial charge in [0.15, 0.2) is 4.80 Å². The summed E-state index contributed by atoms with van der Waals surface area (Å²) >= 11 is 1.39. The van der Waals surface area contributed by atoms with Crippen LogP contribution in [0.4, 0.5) is 0 Å². The van der Waals surface area contributed by atoms with Crippen molar-refractivity contribution in [2.45, 2.75) is 44.4 Å². The van der Waals surface area contributed by atoms with Crippen LogP contribution >= 0.6 is 11.3 Å². The monoisotopic (exact) mass is 533 g/mol. The van der Waals surface area contributed by atoms with Crippen molar-refractivity contribution >= 4 is 37.5 Å². The van der Waals surface area contributed by atoms with Gasteiger partial charge in [-0.2, -0.15) is 9.30 Å². The molecule has 0 unspecified atom stereocenters. The number of aromatic nitrogens is 1. The first kappa shape index (κ1) is 26.5. The van der Waals surface area contributed by atoms with E-state index < -0.39 is 15.9 Å². The Hall–Kier alpha value is -2.57. The van der Waals surface area contributed by atoms with Gasteiger partial charge < -0.3 is 18.8 Å². The van der Waals surface area contributed by atoms with Crippen molar-refractivity contribution < 1.29 is 27.4 Å². The molecule has 1 aliphatic rings. The molecule has 2 atom stereocenters. The van der Waals surface area contributed by atoms with Gasteiger partial charge in [-0.3, -0.25) is 4.79 Å². The van der Waals surface area contributed by atoms with Gasteiger partial charge in [-0.25, -0.2) is 8.42 Å². The van der Waals surface area contributed by atoms with Crippen LogP contribution in [-0.4, -0.2) is 68.8 Å². The number of benzene rings is 2. The molecule has 4 rings (SSSR count). The summed E-state index contributed by atoms with van der Waals surface area (Å²) in [6.07, 6.45) is -0.363. The molecule has 0 radical (unpaired) electrons. The van der Waals surface area contributed by atoms with E-state index in [-0.39, 0.29) is 17.1 Å². The Labute approximate surface area is 215 Å². The number of fused-ring (bicyclic) bond motifs is 1. The number of ether oxygens (including phenoxy) is 3. The van der Waals surface area contributed by atoms with E-state index in [2.05, 4.69) is 4.99 Å². The summed E-state index contributed by atoms with van der Waals surface area (Å²) in [4.78, 5) is 18.1. The molecule has 1 aliphatic heterocycles. The van der Waals surface area contributed by atoms with Gasteiger partial charge >= 0.3 is 0 Å². The zero-order valence-corrected chi connectivity index (χ0v) is 22.5. The van der Waals surface area contributed by atoms with Gasteiger partial charge in [-0.05, 0) is 63.2 Å². The van der Waals surface area contributed by atoms with Gasteiger partial charge in [-0.1, -0.05) is 11.3 Å². The highest BCUT2D eigenvalue weighted by atomic mass is 32.2. The lowest BCUT2D eigenvalue weighted by Crippen LogP contribution is -2.48. The van der Waals surface area contributed by atoms with E-state index in [9.17, 15) is 13.2 Å². The third kappa shape index (κ3) is 5.70. The van der Waals surface area contributed by atoms with Gasteiger partial charge in [0.05, 0.1) is 40.5 Å². The Kier molecular flexibility index (Phi) is 8.26. The lowest BCUT2D eigenvalue weighted by molar-refractivity contribution is -0.0440. The van der Waals surface area contributed by atoms with E-state index in [1.165, 1.54) is 39.9 Å². The predicted molar refractivity (Wildman–Crippen MR) is 138 cm³/mol. The number of nitrogens with zero attached hydrogens (tertiary/aromatic N) is 3. The topological polar surface area (TPSA) is 99.4 Å². The van der Waals surface area contributed by atoms with Gasteiger partial charge in [0.25, 0.3) is 5.91 Å². The summed E-state index contributed by atoms with van der Waals surface area (Å²) in [5.74, 6) is 0.305. The Morgan fingerprint density at radius 2 is 1.83 bits per heavy atom. The zero-order chi connectivity index (χ0) is 25.9.